The summed E-state index contributed by atoms with van der Waals surface area (Å²) < 4.78 is 5.60. The zero-order valence-corrected chi connectivity index (χ0v) is 23.8. The third kappa shape index (κ3) is 20.8. The zero-order valence-electron chi connectivity index (χ0n) is 23.8. The van der Waals surface area contributed by atoms with Gasteiger partial charge in [-0.1, -0.05) is 141 Å². The van der Waals surface area contributed by atoms with E-state index in [1.54, 1.807) is 0 Å². The van der Waals surface area contributed by atoms with Gasteiger partial charge in [0, 0.05) is 13.0 Å². The van der Waals surface area contributed by atoms with Crippen molar-refractivity contribution in [3.63, 3.8) is 0 Å². The van der Waals surface area contributed by atoms with Crippen LogP contribution in [0.15, 0.2) is 24.3 Å². The summed E-state index contributed by atoms with van der Waals surface area (Å²) >= 11 is 0. The molecule has 0 heterocycles. The van der Waals surface area contributed by atoms with Gasteiger partial charge in [0.25, 0.3) is 0 Å². The van der Waals surface area contributed by atoms with E-state index in [1.165, 1.54) is 128 Å². The summed E-state index contributed by atoms with van der Waals surface area (Å²) in [5, 5.41) is 8.78. The van der Waals surface area contributed by atoms with Gasteiger partial charge in [0.05, 0.1) is 0 Å². The molecule has 0 atom stereocenters. The second-order valence-corrected chi connectivity index (χ2v) is 10.8. The fraction of sp³-hybridized carbons (Fsp3) is 0.788. The molecule has 0 aliphatic carbocycles. The van der Waals surface area contributed by atoms with Gasteiger partial charge in [-0.2, -0.15) is 0 Å². The molecule has 1 aromatic carbocycles. The summed E-state index contributed by atoms with van der Waals surface area (Å²) in [6.45, 7) is 2.61. The normalized spacial score (nSPS) is 11.2. The van der Waals surface area contributed by atoms with Gasteiger partial charge in [-0.15, -0.1) is 0 Å². The van der Waals surface area contributed by atoms with Gasteiger partial charge in [0.15, 0.2) is 0 Å². The van der Waals surface area contributed by atoms with Crippen LogP contribution in [0.1, 0.15) is 160 Å². The van der Waals surface area contributed by atoms with Crippen molar-refractivity contribution < 1.29 is 14.6 Å². The third-order valence-electron chi connectivity index (χ3n) is 7.24. The monoisotopic (exact) mass is 502 g/mol. The Kier molecular flexibility index (Phi) is 23.0. The van der Waals surface area contributed by atoms with Gasteiger partial charge in [-0.05, 0) is 43.4 Å². The maximum absolute atomic E-state index is 12.2. The lowest BCUT2D eigenvalue weighted by molar-refractivity contribution is -0.134. The van der Waals surface area contributed by atoms with Gasteiger partial charge in [-0.3, -0.25) is 4.79 Å². The molecule has 0 fully saturated rings. The standard InChI is InChI=1S/C33H58O3/c1-2-3-4-5-15-18-21-25-31-26-24-27-32(30-31)36-33(35)28-22-19-16-13-11-9-7-6-8-10-12-14-17-20-23-29-34/h24,26-27,30,34H,2-23,25,28-29H2,1H3. The number of rotatable bonds is 26. The molecule has 0 unspecified atom stereocenters. The van der Waals surface area contributed by atoms with Gasteiger partial charge in [0.1, 0.15) is 5.75 Å². The first-order valence-electron chi connectivity index (χ1n) is 15.7. The Morgan fingerprint density at radius 3 is 1.64 bits per heavy atom. The second kappa shape index (κ2) is 25.3. The molecule has 1 N–H and O–H groups in total. The minimum absolute atomic E-state index is 0.0866. The maximum Gasteiger partial charge on any atom is 0.311 e. The SMILES string of the molecule is CCCCCCCCCc1cccc(OC(=O)CCCCCCCCCCCCCCCCCO)c1. The Bertz CT molecular complexity index is 613. The third-order valence-corrected chi connectivity index (χ3v) is 7.24. The van der Waals surface area contributed by atoms with E-state index < -0.39 is 0 Å². The maximum atomic E-state index is 12.2. The number of aliphatic hydroxyl groups excluding tert-OH is 1. The highest BCUT2D eigenvalue weighted by Crippen LogP contribution is 2.18. The first kappa shape index (κ1) is 32.7. The van der Waals surface area contributed by atoms with Crippen LogP contribution < -0.4 is 4.74 Å². The molecule has 1 aromatic rings. The average molecular weight is 503 g/mol. The van der Waals surface area contributed by atoms with Crippen molar-refractivity contribution in [3.8, 4) is 5.75 Å². The molecule has 0 bridgehead atoms. The van der Waals surface area contributed by atoms with E-state index >= 15 is 0 Å². The molecular formula is C33H58O3. The first-order chi connectivity index (χ1) is 17.8. The minimum Gasteiger partial charge on any atom is -0.427 e. The van der Waals surface area contributed by atoms with E-state index in [9.17, 15) is 4.79 Å². The minimum atomic E-state index is -0.0866. The molecule has 3 nitrogen and oxygen atoms in total. The van der Waals surface area contributed by atoms with Crippen LogP contribution in [0.3, 0.4) is 0 Å². The van der Waals surface area contributed by atoms with Crippen molar-refractivity contribution in [2.24, 2.45) is 0 Å². The van der Waals surface area contributed by atoms with E-state index in [0.29, 0.717) is 18.8 Å². The predicted molar refractivity (Wildman–Crippen MR) is 155 cm³/mol. The average Bonchev–Trinajstić information content (AvgIpc) is 2.88. The van der Waals surface area contributed by atoms with E-state index in [0.717, 1.165) is 25.7 Å². The summed E-state index contributed by atoms with van der Waals surface area (Å²) in [5.41, 5.74) is 1.28. The number of carbonyl (C=O) groups is 1. The summed E-state index contributed by atoms with van der Waals surface area (Å²) in [6.07, 6.45) is 29.8. The molecule has 3 heteroatoms. The van der Waals surface area contributed by atoms with Crippen molar-refractivity contribution >= 4 is 5.97 Å². The number of unbranched alkanes of at least 4 members (excludes halogenated alkanes) is 20. The first-order valence-corrected chi connectivity index (χ1v) is 15.7. The van der Waals surface area contributed by atoms with E-state index in [4.69, 9.17) is 9.84 Å². The molecule has 208 valence electrons. The summed E-state index contributed by atoms with van der Waals surface area (Å²) in [5.74, 6) is 0.624. The van der Waals surface area contributed by atoms with Crippen LogP contribution in [0.2, 0.25) is 0 Å². The Morgan fingerprint density at radius 1 is 0.639 bits per heavy atom. The van der Waals surface area contributed by atoms with E-state index in [-0.39, 0.29) is 5.97 Å². The van der Waals surface area contributed by atoms with E-state index in [1.807, 2.05) is 18.2 Å². The zero-order chi connectivity index (χ0) is 25.9. The number of aliphatic hydroxyl groups is 1. The smallest absolute Gasteiger partial charge is 0.311 e. The Balaban J connectivity index is 1.93. The lowest BCUT2D eigenvalue weighted by Crippen LogP contribution is -2.07. The van der Waals surface area contributed by atoms with Gasteiger partial charge in [-0.25, -0.2) is 0 Å². The highest BCUT2D eigenvalue weighted by Gasteiger charge is 2.06. The summed E-state index contributed by atoms with van der Waals surface area (Å²) in [6, 6.07) is 8.12. The van der Waals surface area contributed by atoms with Crippen molar-refractivity contribution in [1.82, 2.24) is 0 Å². The number of esters is 1. The topological polar surface area (TPSA) is 46.5 Å². The summed E-state index contributed by atoms with van der Waals surface area (Å²) in [7, 11) is 0. The Labute approximate surface area is 223 Å². The molecule has 36 heavy (non-hydrogen) atoms. The molecule has 0 aromatic heterocycles. The molecule has 0 amide bonds. The number of ether oxygens (including phenoxy) is 1. The summed E-state index contributed by atoms with van der Waals surface area (Å²) in [4.78, 5) is 12.2. The van der Waals surface area contributed by atoms with Gasteiger partial charge >= 0.3 is 5.97 Å². The number of hydrogen-bond acceptors (Lipinski definition) is 3. The van der Waals surface area contributed by atoms with Crippen LogP contribution in [0, 0.1) is 0 Å². The Hall–Kier alpha value is -1.35. The van der Waals surface area contributed by atoms with E-state index in [2.05, 4.69) is 13.0 Å². The quantitative estimate of drug-likeness (QED) is 0.0778. The largest absolute Gasteiger partial charge is 0.427 e. The number of carbonyl (C=O) groups excluding carboxylic acids is 1. The number of benzene rings is 1. The van der Waals surface area contributed by atoms with Crippen LogP contribution in [0.5, 0.6) is 5.75 Å². The second-order valence-electron chi connectivity index (χ2n) is 10.8. The fourth-order valence-corrected chi connectivity index (χ4v) is 4.91. The number of aryl methyl sites for hydroxylation is 1. The lowest BCUT2D eigenvalue weighted by atomic mass is 10.0. The van der Waals surface area contributed by atoms with Crippen LogP contribution >= 0.6 is 0 Å². The molecule has 0 radical (unpaired) electrons. The molecule has 0 saturated carbocycles. The lowest BCUT2D eigenvalue weighted by Gasteiger charge is -2.07. The van der Waals surface area contributed by atoms with Crippen molar-refractivity contribution in [1.29, 1.82) is 0 Å². The molecule has 0 saturated heterocycles. The van der Waals surface area contributed by atoms with Crippen LogP contribution in [-0.2, 0) is 11.2 Å². The van der Waals surface area contributed by atoms with Crippen molar-refractivity contribution in [2.75, 3.05) is 6.61 Å². The highest BCUT2D eigenvalue weighted by molar-refractivity contribution is 5.72. The molecule has 0 spiro atoms. The van der Waals surface area contributed by atoms with Crippen LogP contribution in [0.4, 0.5) is 0 Å². The van der Waals surface area contributed by atoms with Crippen molar-refractivity contribution in [3.05, 3.63) is 29.8 Å². The number of hydrogen-bond donors (Lipinski definition) is 1. The molecular weight excluding hydrogens is 444 g/mol. The highest BCUT2D eigenvalue weighted by atomic mass is 16.5. The van der Waals surface area contributed by atoms with Crippen LogP contribution in [-0.4, -0.2) is 17.7 Å². The fourth-order valence-electron chi connectivity index (χ4n) is 4.91. The molecule has 0 aliphatic rings. The van der Waals surface area contributed by atoms with Gasteiger partial charge in [0.2, 0.25) is 0 Å². The molecule has 0 aliphatic heterocycles. The van der Waals surface area contributed by atoms with Gasteiger partial charge < -0.3 is 9.84 Å². The predicted octanol–water partition coefficient (Wildman–Crippen LogP) is 10.1. The Morgan fingerprint density at radius 2 is 1.11 bits per heavy atom. The van der Waals surface area contributed by atoms with Crippen LogP contribution in [0.25, 0.3) is 0 Å². The molecule has 1 rings (SSSR count). The van der Waals surface area contributed by atoms with Crippen molar-refractivity contribution in [2.45, 2.75) is 161 Å².